The van der Waals surface area contributed by atoms with Crippen molar-refractivity contribution in [2.45, 2.75) is 446 Å². The van der Waals surface area contributed by atoms with Gasteiger partial charge in [-0.15, -0.1) is 0 Å². The molecular formula is C60H240No. The second-order valence-corrected chi connectivity index (χ2v) is 0. The summed E-state index contributed by atoms with van der Waals surface area (Å²) in [5.74, 6) is 0. The zero-order valence-corrected chi connectivity index (χ0v) is 2.49. The normalized spacial score (nSPS) is 0. The smallest absolute Gasteiger partial charge is 0 e. The molecule has 0 aliphatic carbocycles. The van der Waals surface area contributed by atoms with Gasteiger partial charge >= 0.3 is 0 Å². The standard InChI is InChI=1S/60CH4.No/h60*1H4;. The molecule has 0 aromatic carbocycles. The van der Waals surface area contributed by atoms with Gasteiger partial charge in [-0.25, -0.2) is 0 Å². The Morgan fingerprint density at radius 1 is 0.0328 bits per heavy atom. The fourth-order valence-corrected chi connectivity index (χ4v) is 0. The van der Waals surface area contributed by atoms with E-state index >= 15 is 0 Å². The van der Waals surface area contributed by atoms with Gasteiger partial charge in [0.2, 0.25) is 0 Å². The fourth-order valence-electron chi connectivity index (χ4n) is 0. The molecule has 0 heterocycles. The van der Waals surface area contributed by atoms with Gasteiger partial charge < -0.3 is 0 Å². The number of rotatable bonds is 0. The molecule has 0 aromatic heterocycles. The zero-order valence-electron chi connectivity index (χ0n) is 0.267. The van der Waals surface area contributed by atoms with E-state index in [9.17, 15) is 0 Å². The van der Waals surface area contributed by atoms with Gasteiger partial charge in [-0.2, -0.15) is 0 Å². The molecule has 0 amide bonds. The molecule has 0 saturated carbocycles. The van der Waals surface area contributed by atoms with Crippen LogP contribution in [-0.4, -0.2) is 0 Å². The van der Waals surface area contributed by atoms with E-state index in [0.29, 0.717) is 0 Å². The minimum absolute atomic E-state index is 0. The summed E-state index contributed by atoms with van der Waals surface area (Å²) in [5, 5.41) is 0. The van der Waals surface area contributed by atoms with Gasteiger partial charge in [0.1, 0.15) is 0 Å². The SMILES string of the molecule is C.C.C.C.C.C.C.C.C.C.C.C.C.C.C.C.C.C.C.C.C.C.C.C.C.C.C.C.C.C.C.C.C.C.C.C.C.C.C.C.C.C.C.C.C.C.C.C.C.C.C.C.C.C.C.C.C.C.C.C.[No]. The predicted molar refractivity (Wildman–Crippen MR) is 404 cm³/mol. The minimum atomic E-state index is 0. The van der Waals surface area contributed by atoms with E-state index in [1.165, 1.54) is 0 Å². The molecule has 0 aromatic rings. The summed E-state index contributed by atoms with van der Waals surface area (Å²) in [6.07, 6.45) is 0. The first-order chi connectivity index (χ1) is 0. The van der Waals surface area contributed by atoms with Crippen LogP contribution in [-0.2, 0) is 0 Å². The molecule has 0 radical (unpaired) electrons. The van der Waals surface area contributed by atoms with Crippen LogP contribution in [0.2, 0.25) is 0 Å². The van der Waals surface area contributed by atoms with Gasteiger partial charge in [0.05, 0.1) is 0 Å². The quantitative estimate of drug-likeness (QED) is 0.227. The topological polar surface area (TPSA) is 0 Å². The van der Waals surface area contributed by atoms with Crippen molar-refractivity contribution in [3.05, 3.63) is 0 Å². The van der Waals surface area contributed by atoms with Crippen molar-refractivity contribution in [3.63, 3.8) is 0 Å². The van der Waals surface area contributed by atoms with E-state index in [2.05, 4.69) is 0 Å². The Morgan fingerprint density at radius 2 is 0.0328 bits per heavy atom. The van der Waals surface area contributed by atoms with Gasteiger partial charge in [0, 0.05) is 0 Å². The van der Waals surface area contributed by atoms with E-state index in [1.54, 1.807) is 0 Å². The van der Waals surface area contributed by atoms with Crippen LogP contribution in [0, 0.1) is 0 Å². The molecule has 0 spiro atoms. The number of hydrogen-bond donors (Lipinski definition) is 0. The average Bonchev–Trinajstić information content (AvgIpc) is 0. The zero-order chi connectivity index (χ0) is 0. The van der Waals surface area contributed by atoms with E-state index < -0.39 is 0 Å². The molecule has 0 aliphatic rings. The molecule has 0 fully saturated rings. The second-order valence-electron chi connectivity index (χ2n) is 0. The maximum Gasteiger partial charge on any atom is 0 e. The van der Waals surface area contributed by atoms with E-state index in [1.807, 2.05) is 0 Å². The summed E-state index contributed by atoms with van der Waals surface area (Å²) < 4.78 is 0. The van der Waals surface area contributed by atoms with Gasteiger partial charge in [-0.3, -0.25) is 0 Å². The summed E-state index contributed by atoms with van der Waals surface area (Å²) >= 11 is 0. The third-order valence-electron chi connectivity index (χ3n) is 0. The van der Waals surface area contributed by atoms with Crippen LogP contribution in [0.3, 0.4) is 0 Å². The average molecular weight is 1220 g/mol. The third-order valence-corrected chi connectivity index (χ3v) is 0. The van der Waals surface area contributed by atoms with Crippen molar-refractivity contribution in [3.8, 4) is 0 Å². The molecule has 0 atom stereocenters. The van der Waals surface area contributed by atoms with Crippen LogP contribution >= 0.6 is 0 Å². The molecule has 0 nitrogen and oxygen atoms in total. The Labute approximate surface area is 444 Å². The first-order valence-electron chi connectivity index (χ1n) is 0. The molecule has 61 heavy (non-hydrogen) atoms. The maximum atomic E-state index is 0. The fraction of sp³-hybridized carbons (Fsp3) is 1.00. The van der Waals surface area contributed by atoms with Crippen molar-refractivity contribution in [2.75, 3.05) is 0 Å². The van der Waals surface area contributed by atoms with Crippen LogP contribution in [0.5, 0.6) is 0 Å². The Kier molecular flexibility index (Phi) is 680000000. The maximum absolute atomic E-state index is 0. The van der Waals surface area contributed by atoms with Crippen molar-refractivity contribution in [1.82, 2.24) is 0 Å². The van der Waals surface area contributed by atoms with E-state index in [0.717, 1.165) is 0 Å². The largest absolute Gasteiger partial charge is 0.0776 e. The molecular weight excluding hydrogens is 980 g/mol. The van der Waals surface area contributed by atoms with Crippen LogP contribution in [0.25, 0.3) is 0 Å². The molecule has 0 bridgehead atoms. The summed E-state index contributed by atoms with van der Waals surface area (Å²) in [6.45, 7) is 0. The molecule has 0 N–H and O–H groups in total. The second kappa shape index (κ2) is 198000. The van der Waals surface area contributed by atoms with Crippen LogP contribution in [0.4, 0.5) is 0 Å². The van der Waals surface area contributed by atoms with Gasteiger partial charge in [-0.05, 0) is 0 Å². The Hall–Kier alpha value is -1.00. The third kappa shape index (κ3) is 192000. The van der Waals surface area contributed by atoms with Crippen molar-refractivity contribution < 1.29 is 0 Å². The van der Waals surface area contributed by atoms with Crippen LogP contribution in [0.1, 0.15) is 446 Å². The molecule has 0 rings (SSSR count). The van der Waals surface area contributed by atoms with Crippen LogP contribution < -0.4 is 0 Å². The molecule has 0 saturated heterocycles. The summed E-state index contributed by atoms with van der Waals surface area (Å²) in [6, 6.07) is 0. The summed E-state index contributed by atoms with van der Waals surface area (Å²) in [5.41, 5.74) is 0. The summed E-state index contributed by atoms with van der Waals surface area (Å²) in [4.78, 5) is 0. The van der Waals surface area contributed by atoms with Gasteiger partial charge in [0.15, 0.2) is 0 Å². The molecule has 0 aliphatic heterocycles. The first-order valence-corrected chi connectivity index (χ1v) is 0. The van der Waals surface area contributed by atoms with Gasteiger partial charge in [0.25, 0.3) is 0 Å². The first kappa shape index (κ1) is 209000. The molecule has 0 unspecified atom stereocenters. The van der Waals surface area contributed by atoms with Gasteiger partial charge in [-0.1, -0.05) is 446 Å². The van der Waals surface area contributed by atoms with Crippen molar-refractivity contribution in [1.29, 1.82) is 0 Å². The molecule has 494 valence electrons. The summed E-state index contributed by atoms with van der Waals surface area (Å²) in [7, 11) is 0. The minimum Gasteiger partial charge on any atom is -0.0776 e. The van der Waals surface area contributed by atoms with E-state index in [4.69, 9.17) is 0 Å². The predicted octanol–water partition coefficient (Wildman–Crippen LogP) is 38.2. The Morgan fingerprint density at radius 3 is 0.0328 bits per heavy atom. The Balaban J connectivity index is 0. The molecule has 1 heteroatoms. The Bertz CT molecular complexity index is 7.36. The van der Waals surface area contributed by atoms with Crippen LogP contribution in [0.15, 0.2) is 0 Å². The monoisotopic (exact) mass is 1220 g/mol. The van der Waals surface area contributed by atoms with Crippen molar-refractivity contribution in [2.24, 2.45) is 0 Å². The van der Waals surface area contributed by atoms with E-state index in [-0.39, 0.29) is 446 Å². The van der Waals surface area contributed by atoms with Crippen molar-refractivity contribution >= 4 is 0 Å². The number of hydrogen-bond acceptors (Lipinski definition) is 0.